The van der Waals surface area contributed by atoms with Crippen LogP contribution >= 0.6 is 15.9 Å². The second kappa shape index (κ2) is 14.1. The van der Waals surface area contributed by atoms with E-state index in [1.165, 1.54) is 31.4 Å². The maximum absolute atomic E-state index is 15.2. The first-order valence-corrected chi connectivity index (χ1v) is 15.3. The molecular weight excluding hydrogens is 664 g/mol. The second-order valence-electron chi connectivity index (χ2n) is 11.4. The van der Waals surface area contributed by atoms with Crippen molar-refractivity contribution in [1.82, 2.24) is 14.8 Å². The number of aromatic nitrogens is 3. The normalized spacial score (nSPS) is 13.1. The monoisotopic (exact) mass is 697 g/mol. The number of aromatic amines is 1. The maximum atomic E-state index is 15.2. The summed E-state index contributed by atoms with van der Waals surface area (Å²) in [5.41, 5.74) is 1.08. The molecular formula is C34H34BrF2N3O6. The highest BCUT2D eigenvalue weighted by molar-refractivity contribution is 9.10. The van der Waals surface area contributed by atoms with Crippen LogP contribution in [-0.2, 0) is 14.3 Å². The van der Waals surface area contributed by atoms with E-state index in [0.717, 1.165) is 10.0 Å². The number of carbonyl (C=O) groups excluding carboxylic acids is 1. The van der Waals surface area contributed by atoms with Crippen LogP contribution in [0.5, 0.6) is 11.5 Å². The van der Waals surface area contributed by atoms with Gasteiger partial charge in [0.15, 0.2) is 11.6 Å². The number of fused-ring (bicyclic) bond motifs is 1. The van der Waals surface area contributed by atoms with Gasteiger partial charge in [0.05, 0.1) is 31.4 Å². The van der Waals surface area contributed by atoms with Gasteiger partial charge in [-0.05, 0) is 68.3 Å². The quantitative estimate of drug-likeness (QED) is 0.0888. The number of aliphatic hydroxyl groups is 2. The predicted molar refractivity (Wildman–Crippen MR) is 172 cm³/mol. The second-order valence-corrected chi connectivity index (χ2v) is 12.4. The highest BCUT2D eigenvalue weighted by Gasteiger charge is 2.29. The minimum absolute atomic E-state index is 0.0701. The van der Waals surface area contributed by atoms with Crippen molar-refractivity contribution in [1.29, 1.82) is 0 Å². The van der Waals surface area contributed by atoms with Gasteiger partial charge in [-0.1, -0.05) is 28.1 Å². The Morgan fingerprint density at radius 1 is 1.11 bits per heavy atom. The third kappa shape index (κ3) is 7.15. The summed E-state index contributed by atoms with van der Waals surface area (Å²) in [6, 6.07) is 15.7. The molecule has 46 heavy (non-hydrogen) atoms. The van der Waals surface area contributed by atoms with Gasteiger partial charge in [-0.25, -0.2) is 8.78 Å². The van der Waals surface area contributed by atoms with Crippen molar-refractivity contribution in [2.45, 2.75) is 32.4 Å². The van der Waals surface area contributed by atoms with Crippen molar-refractivity contribution in [3.8, 4) is 22.8 Å². The summed E-state index contributed by atoms with van der Waals surface area (Å²) in [6.45, 7) is 3.45. The first kappa shape index (κ1) is 33.3. The van der Waals surface area contributed by atoms with Crippen LogP contribution in [-0.4, -0.2) is 57.9 Å². The van der Waals surface area contributed by atoms with Crippen molar-refractivity contribution >= 4 is 32.8 Å². The molecule has 2 unspecified atom stereocenters. The Morgan fingerprint density at radius 2 is 1.91 bits per heavy atom. The lowest BCUT2D eigenvalue weighted by atomic mass is 9.90. The van der Waals surface area contributed by atoms with Crippen LogP contribution in [0, 0.1) is 17.0 Å². The topological polar surface area (TPSA) is 119 Å². The number of H-pyrrole nitrogens is 1. The fourth-order valence-electron chi connectivity index (χ4n) is 5.18. The Labute approximate surface area is 272 Å². The smallest absolute Gasteiger partial charge is 0.311 e. The van der Waals surface area contributed by atoms with E-state index in [0.29, 0.717) is 29.6 Å². The van der Waals surface area contributed by atoms with Crippen LogP contribution in [0.3, 0.4) is 0 Å². The molecule has 0 aliphatic rings. The molecule has 0 spiro atoms. The number of nitrogens with zero attached hydrogens (tertiary/aromatic N) is 2. The standard InChI is InChI=1S/C34H34BrF2N3O6/c1-34(2,33(43)44-3)11-14-45-19-29(20-5-4-6-21(35)15-20)40-13-10-27(39-40)24-16-22(7-8-25(24)36)46-32-26(37)17-28-23(9-12-38-28)31(32)30(42)18-41/h4-10,12-13,15-17,29-30,38,41-42H,11,14,18-19H2,1-3H3. The molecule has 2 aromatic heterocycles. The Balaban J connectivity index is 1.42. The molecule has 5 aromatic rings. The molecule has 3 aromatic carbocycles. The molecule has 0 radical (unpaired) electrons. The van der Waals surface area contributed by atoms with Crippen molar-refractivity contribution in [3.05, 3.63) is 100 Å². The lowest BCUT2D eigenvalue weighted by molar-refractivity contribution is -0.151. The molecule has 0 saturated carbocycles. The SMILES string of the molecule is COC(=O)C(C)(C)CCOCC(c1cccc(Br)c1)n1ccc(-c2cc(Oc3c(F)cc4[nH]ccc4c3C(O)CO)ccc2F)n1. The first-order valence-electron chi connectivity index (χ1n) is 14.6. The zero-order valence-electron chi connectivity index (χ0n) is 25.5. The molecule has 3 N–H and O–H groups in total. The number of benzene rings is 3. The summed E-state index contributed by atoms with van der Waals surface area (Å²) in [7, 11) is 1.35. The van der Waals surface area contributed by atoms with Gasteiger partial charge in [-0.3, -0.25) is 9.48 Å². The summed E-state index contributed by atoms with van der Waals surface area (Å²) in [5, 5.41) is 25.3. The molecule has 0 bridgehead atoms. The number of methoxy groups -OCH3 is 1. The fourth-order valence-corrected chi connectivity index (χ4v) is 5.60. The molecule has 242 valence electrons. The molecule has 2 atom stereocenters. The van der Waals surface area contributed by atoms with Gasteiger partial charge >= 0.3 is 5.97 Å². The van der Waals surface area contributed by atoms with E-state index in [9.17, 15) is 15.0 Å². The van der Waals surface area contributed by atoms with E-state index in [1.54, 1.807) is 43.1 Å². The number of aliphatic hydroxyl groups excluding tert-OH is 2. The predicted octanol–water partition coefficient (Wildman–Crippen LogP) is 7.09. The molecule has 2 heterocycles. The Bertz CT molecular complexity index is 1840. The van der Waals surface area contributed by atoms with Gasteiger partial charge in [0.25, 0.3) is 0 Å². The minimum Gasteiger partial charge on any atom is -0.469 e. The van der Waals surface area contributed by atoms with E-state index in [-0.39, 0.29) is 41.2 Å². The van der Waals surface area contributed by atoms with Gasteiger partial charge in [-0.2, -0.15) is 5.10 Å². The van der Waals surface area contributed by atoms with E-state index in [1.807, 2.05) is 24.3 Å². The fraction of sp³-hybridized carbons (Fsp3) is 0.294. The van der Waals surface area contributed by atoms with Crippen molar-refractivity contribution in [3.63, 3.8) is 0 Å². The number of halogens is 3. The number of nitrogens with one attached hydrogen (secondary N) is 1. The molecule has 0 aliphatic heterocycles. The first-order chi connectivity index (χ1) is 22.0. The zero-order chi connectivity index (χ0) is 33.0. The van der Waals surface area contributed by atoms with E-state index < -0.39 is 29.8 Å². The third-order valence-electron chi connectivity index (χ3n) is 7.79. The van der Waals surface area contributed by atoms with Gasteiger partial charge in [-0.15, -0.1) is 0 Å². The minimum atomic E-state index is -1.41. The van der Waals surface area contributed by atoms with Crippen LogP contribution in [0.15, 0.2) is 77.5 Å². The van der Waals surface area contributed by atoms with Crippen LogP contribution in [0.1, 0.15) is 43.5 Å². The largest absolute Gasteiger partial charge is 0.469 e. The van der Waals surface area contributed by atoms with Crippen molar-refractivity contribution in [2.75, 3.05) is 26.9 Å². The maximum Gasteiger partial charge on any atom is 0.311 e. The average molecular weight is 699 g/mol. The third-order valence-corrected chi connectivity index (χ3v) is 8.28. The number of hydrogen-bond acceptors (Lipinski definition) is 7. The Hall–Kier alpha value is -4.10. The molecule has 5 rings (SSSR count). The van der Waals surface area contributed by atoms with Gasteiger partial charge < -0.3 is 29.4 Å². The Morgan fingerprint density at radius 3 is 2.65 bits per heavy atom. The van der Waals surface area contributed by atoms with Crippen molar-refractivity contribution < 1.29 is 38.0 Å². The molecule has 0 amide bonds. The van der Waals surface area contributed by atoms with Crippen LogP contribution in [0.25, 0.3) is 22.2 Å². The lowest BCUT2D eigenvalue weighted by Gasteiger charge is -2.23. The number of esters is 1. The summed E-state index contributed by atoms with van der Waals surface area (Å²) in [4.78, 5) is 15.0. The molecule has 0 fully saturated rings. The summed E-state index contributed by atoms with van der Waals surface area (Å²) in [6.07, 6.45) is 2.33. The van der Waals surface area contributed by atoms with Gasteiger partial charge in [0, 0.05) is 51.6 Å². The molecule has 9 nitrogen and oxygen atoms in total. The highest BCUT2D eigenvalue weighted by atomic mass is 79.9. The van der Waals surface area contributed by atoms with E-state index in [2.05, 4.69) is 26.0 Å². The summed E-state index contributed by atoms with van der Waals surface area (Å²) in [5.74, 6) is -1.84. The van der Waals surface area contributed by atoms with E-state index in [4.69, 9.17) is 14.2 Å². The van der Waals surface area contributed by atoms with Crippen LogP contribution in [0.2, 0.25) is 0 Å². The van der Waals surface area contributed by atoms with Gasteiger partial charge in [0.2, 0.25) is 0 Å². The molecule has 12 heteroatoms. The molecule has 0 saturated heterocycles. The summed E-state index contributed by atoms with van der Waals surface area (Å²) >= 11 is 3.51. The van der Waals surface area contributed by atoms with Crippen molar-refractivity contribution in [2.24, 2.45) is 5.41 Å². The molecule has 0 aliphatic carbocycles. The van der Waals surface area contributed by atoms with E-state index >= 15 is 8.78 Å². The Kier molecular flexibility index (Phi) is 10.2. The lowest BCUT2D eigenvalue weighted by Crippen LogP contribution is -2.27. The summed E-state index contributed by atoms with van der Waals surface area (Å²) < 4.78 is 49.8. The van der Waals surface area contributed by atoms with Crippen LogP contribution < -0.4 is 4.74 Å². The average Bonchev–Trinajstić information content (AvgIpc) is 3.71. The zero-order valence-corrected chi connectivity index (χ0v) is 27.1. The number of carbonyl (C=O) groups is 1. The van der Waals surface area contributed by atoms with Gasteiger partial charge in [0.1, 0.15) is 23.7 Å². The number of hydrogen-bond donors (Lipinski definition) is 3. The number of rotatable bonds is 13. The number of ether oxygens (including phenoxy) is 3. The highest BCUT2D eigenvalue weighted by Crippen LogP contribution is 2.39. The van der Waals surface area contributed by atoms with Crippen LogP contribution in [0.4, 0.5) is 8.78 Å².